The summed E-state index contributed by atoms with van der Waals surface area (Å²) in [6, 6.07) is 11.1. The number of benzene rings is 1. The molecule has 0 aliphatic carbocycles. The number of rotatable bonds is 6. The molecule has 0 fully saturated rings. The van der Waals surface area contributed by atoms with E-state index in [-0.39, 0.29) is 18.2 Å². The van der Waals surface area contributed by atoms with Crippen LogP contribution in [0.5, 0.6) is 5.75 Å². The van der Waals surface area contributed by atoms with E-state index in [0.717, 1.165) is 16.6 Å². The van der Waals surface area contributed by atoms with Crippen molar-refractivity contribution in [3.8, 4) is 5.75 Å². The Morgan fingerprint density at radius 1 is 1.25 bits per heavy atom. The number of H-pyrrole nitrogens is 1. The fourth-order valence-electron chi connectivity index (χ4n) is 2.82. The van der Waals surface area contributed by atoms with E-state index < -0.39 is 0 Å². The van der Waals surface area contributed by atoms with Crippen LogP contribution in [0, 0.1) is 6.92 Å². The fourth-order valence-corrected chi connectivity index (χ4v) is 2.82. The number of nitrogens with one attached hydrogen (secondary N) is 1. The SMILES string of the molecule is Cc1cnc(CN(C)C(=O)c2cc(COc3ccc4ncccc4c3)on2)[nH]1. The first kappa shape index (κ1) is 17.7. The molecule has 0 aliphatic heterocycles. The highest BCUT2D eigenvalue weighted by atomic mass is 16.5. The first-order chi connectivity index (χ1) is 13.6. The van der Waals surface area contributed by atoms with Crippen molar-refractivity contribution in [2.24, 2.45) is 0 Å². The van der Waals surface area contributed by atoms with Gasteiger partial charge in [0.15, 0.2) is 11.5 Å². The molecule has 4 aromatic rings. The van der Waals surface area contributed by atoms with E-state index in [1.165, 1.54) is 4.90 Å². The summed E-state index contributed by atoms with van der Waals surface area (Å²) < 4.78 is 11.0. The number of hydrogen-bond donors (Lipinski definition) is 1. The highest BCUT2D eigenvalue weighted by Crippen LogP contribution is 2.20. The zero-order chi connectivity index (χ0) is 19.5. The third kappa shape index (κ3) is 3.85. The molecule has 0 spiro atoms. The number of nitrogens with zero attached hydrogens (tertiary/aromatic N) is 4. The third-order valence-corrected chi connectivity index (χ3v) is 4.22. The van der Waals surface area contributed by atoms with Crippen LogP contribution in [-0.2, 0) is 13.2 Å². The summed E-state index contributed by atoms with van der Waals surface area (Å²) in [7, 11) is 1.69. The van der Waals surface area contributed by atoms with Crippen LogP contribution >= 0.6 is 0 Å². The van der Waals surface area contributed by atoms with Gasteiger partial charge in [-0.2, -0.15) is 0 Å². The Labute approximate surface area is 161 Å². The molecular formula is C20H19N5O3. The van der Waals surface area contributed by atoms with Crippen LogP contribution < -0.4 is 4.74 Å². The Morgan fingerprint density at radius 2 is 2.14 bits per heavy atom. The van der Waals surface area contributed by atoms with Gasteiger partial charge in [0.05, 0.1) is 12.1 Å². The van der Waals surface area contributed by atoms with Crippen LogP contribution in [0.15, 0.2) is 53.3 Å². The topological polar surface area (TPSA) is 97.1 Å². The Kier molecular flexibility index (Phi) is 4.76. The fraction of sp³-hybridized carbons (Fsp3) is 0.200. The quantitative estimate of drug-likeness (QED) is 0.554. The molecule has 1 N–H and O–H groups in total. The summed E-state index contributed by atoms with van der Waals surface area (Å²) in [5.41, 5.74) is 2.07. The van der Waals surface area contributed by atoms with Gasteiger partial charge in [0.1, 0.15) is 18.2 Å². The van der Waals surface area contributed by atoms with E-state index in [9.17, 15) is 4.79 Å². The number of fused-ring (bicyclic) bond motifs is 1. The standard InChI is InChI=1S/C20H19N5O3/c1-13-10-22-19(23-13)11-25(2)20(26)18-9-16(28-24-18)12-27-15-5-6-17-14(8-15)4-3-7-21-17/h3-10H,11-12H2,1-2H3,(H,22,23). The summed E-state index contributed by atoms with van der Waals surface area (Å²) in [6.45, 7) is 2.44. The van der Waals surface area contributed by atoms with Crippen LogP contribution in [0.25, 0.3) is 10.9 Å². The van der Waals surface area contributed by atoms with Gasteiger partial charge in [-0.1, -0.05) is 11.2 Å². The molecule has 0 bridgehead atoms. The predicted octanol–water partition coefficient (Wildman–Crippen LogP) is 3.11. The van der Waals surface area contributed by atoms with Crippen LogP contribution in [0.1, 0.15) is 27.8 Å². The minimum absolute atomic E-state index is 0.174. The van der Waals surface area contributed by atoms with E-state index in [0.29, 0.717) is 23.9 Å². The highest BCUT2D eigenvalue weighted by molar-refractivity contribution is 5.92. The van der Waals surface area contributed by atoms with Crippen LogP contribution in [0.3, 0.4) is 0 Å². The summed E-state index contributed by atoms with van der Waals surface area (Å²) in [5.74, 6) is 1.62. The van der Waals surface area contributed by atoms with Crippen molar-refractivity contribution in [2.45, 2.75) is 20.1 Å². The van der Waals surface area contributed by atoms with Gasteiger partial charge in [-0.3, -0.25) is 9.78 Å². The van der Waals surface area contributed by atoms with Crippen molar-refractivity contribution in [3.63, 3.8) is 0 Å². The molecule has 28 heavy (non-hydrogen) atoms. The zero-order valence-corrected chi connectivity index (χ0v) is 15.5. The zero-order valence-electron chi connectivity index (χ0n) is 15.5. The molecule has 3 heterocycles. The van der Waals surface area contributed by atoms with Gasteiger partial charge < -0.3 is 19.1 Å². The minimum Gasteiger partial charge on any atom is -0.486 e. The molecule has 8 nitrogen and oxygen atoms in total. The van der Waals surface area contributed by atoms with Crippen molar-refractivity contribution in [1.82, 2.24) is 25.0 Å². The summed E-state index contributed by atoms with van der Waals surface area (Å²) >= 11 is 0. The maximum atomic E-state index is 12.5. The average Bonchev–Trinajstić information content (AvgIpc) is 3.34. The first-order valence-corrected chi connectivity index (χ1v) is 8.77. The molecule has 1 aromatic carbocycles. The van der Waals surface area contributed by atoms with Crippen molar-refractivity contribution in [3.05, 3.63) is 71.8 Å². The summed E-state index contributed by atoms with van der Waals surface area (Å²) in [5, 5.41) is 4.85. The normalized spacial score (nSPS) is 10.9. The predicted molar refractivity (Wildman–Crippen MR) is 102 cm³/mol. The molecule has 3 aromatic heterocycles. The van der Waals surface area contributed by atoms with Gasteiger partial charge in [-0.25, -0.2) is 4.98 Å². The van der Waals surface area contributed by atoms with E-state index >= 15 is 0 Å². The van der Waals surface area contributed by atoms with E-state index in [4.69, 9.17) is 9.26 Å². The number of aryl methyl sites for hydroxylation is 1. The second-order valence-corrected chi connectivity index (χ2v) is 6.50. The van der Waals surface area contributed by atoms with Gasteiger partial charge >= 0.3 is 0 Å². The number of aromatic nitrogens is 4. The number of amides is 1. The molecule has 0 saturated carbocycles. The van der Waals surface area contributed by atoms with Gasteiger partial charge in [0.25, 0.3) is 5.91 Å². The van der Waals surface area contributed by atoms with Crippen molar-refractivity contribution >= 4 is 16.8 Å². The molecule has 0 saturated heterocycles. The maximum absolute atomic E-state index is 12.5. The number of carbonyl (C=O) groups excluding carboxylic acids is 1. The van der Waals surface area contributed by atoms with Crippen LogP contribution in [-0.4, -0.2) is 38.0 Å². The molecule has 1 amide bonds. The molecule has 0 aliphatic rings. The summed E-state index contributed by atoms with van der Waals surface area (Å²) in [4.78, 5) is 25.6. The van der Waals surface area contributed by atoms with Gasteiger partial charge in [-0.05, 0) is 31.2 Å². The minimum atomic E-state index is -0.249. The number of pyridine rings is 1. The Hall–Kier alpha value is -3.68. The number of aromatic amines is 1. The van der Waals surface area contributed by atoms with Gasteiger partial charge in [0.2, 0.25) is 0 Å². The number of hydrogen-bond acceptors (Lipinski definition) is 6. The number of carbonyl (C=O) groups is 1. The molecule has 0 atom stereocenters. The molecule has 0 unspecified atom stereocenters. The van der Waals surface area contributed by atoms with Crippen LogP contribution in [0.4, 0.5) is 0 Å². The largest absolute Gasteiger partial charge is 0.486 e. The van der Waals surface area contributed by atoms with Crippen molar-refractivity contribution in [1.29, 1.82) is 0 Å². The molecule has 0 radical (unpaired) electrons. The third-order valence-electron chi connectivity index (χ3n) is 4.22. The van der Waals surface area contributed by atoms with Crippen LogP contribution in [0.2, 0.25) is 0 Å². The average molecular weight is 377 g/mol. The Balaban J connectivity index is 1.38. The Bertz CT molecular complexity index is 1120. The smallest absolute Gasteiger partial charge is 0.276 e. The monoisotopic (exact) mass is 377 g/mol. The second kappa shape index (κ2) is 7.51. The lowest BCUT2D eigenvalue weighted by Crippen LogP contribution is -2.27. The van der Waals surface area contributed by atoms with Gasteiger partial charge in [-0.15, -0.1) is 0 Å². The Morgan fingerprint density at radius 3 is 2.96 bits per heavy atom. The second-order valence-electron chi connectivity index (χ2n) is 6.50. The lowest BCUT2D eigenvalue weighted by atomic mass is 10.2. The number of ether oxygens (including phenoxy) is 1. The van der Waals surface area contributed by atoms with Crippen molar-refractivity contribution in [2.75, 3.05) is 7.05 Å². The van der Waals surface area contributed by atoms with E-state index in [2.05, 4.69) is 20.1 Å². The maximum Gasteiger partial charge on any atom is 0.276 e. The van der Waals surface area contributed by atoms with Crippen molar-refractivity contribution < 1.29 is 14.1 Å². The molecule has 8 heteroatoms. The lowest BCUT2D eigenvalue weighted by molar-refractivity contribution is 0.0771. The van der Waals surface area contributed by atoms with E-state index in [1.807, 2.05) is 37.3 Å². The van der Waals surface area contributed by atoms with E-state index in [1.54, 1.807) is 25.5 Å². The summed E-state index contributed by atoms with van der Waals surface area (Å²) in [6.07, 6.45) is 3.47. The lowest BCUT2D eigenvalue weighted by Gasteiger charge is -2.13. The highest BCUT2D eigenvalue weighted by Gasteiger charge is 2.18. The molecular weight excluding hydrogens is 358 g/mol. The number of imidazole rings is 1. The van der Waals surface area contributed by atoms with Gasteiger partial charge in [0, 0.05) is 36.6 Å². The molecule has 142 valence electrons. The first-order valence-electron chi connectivity index (χ1n) is 8.77. The molecule has 4 rings (SSSR count).